The molecule has 6 nitrogen and oxygen atoms in total. The van der Waals surface area contributed by atoms with Crippen molar-refractivity contribution in [3.8, 4) is 5.69 Å². The van der Waals surface area contributed by atoms with Crippen molar-refractivity contribution in [2.75, 3.05) is 4.90 Å². The number of carbonyl (C=O) groups is 2. The van der Waals surface area contributed by atoms with Gasteiger partial charge in [-0.3, -0.25) is 9.59 Å². The molecule has 36 heavy (non-hydrogen) atoms. The van der Waals surface area contributed by atoms with Crippen LogP contribution in [-0.4, -0.2) is 27.6 Å². The summed E-state index contributed by atoms with van der Waals surface area (Å²) in [5.74, 6) is -1.30. The summed E-state index contributed by atoms with van der Waals surface area (Å²) < 4.78 is 28.8. The van der Waals surface area contributed by atoms with Gasteiger partial charge >= 0.3 is 0 Å². The number of nitrogens with zero attached hydrogens (tertiary/aromatic N) is 3. The molecule has 0 spiro atoms. The first kappa shape index (κ1) is 22.4. The van der Waals surface area contributed by atoms with Crippen LogP contribution in [0.3, 0.4) is 0 Å². The highest BCUT2D eigenvalue weighted by molar-refractivity contribution is 6.01. The lowest BCUT2D eigenvalue weighted by Crippen LogP contribution is -2.42. The van der Waals surface area contributed by atoms with E-state index in [9.17, 15) is 18.4 Å². The highest BCUT2D eigenvalue weighted by Gasteiger charge is 2.48. The van der Waals surface area contributed by atoms with Gasteiger partial charge in [-0.25, -0.2) is 13.5 Å². The van der Waals surface area contributed by atoms with Crippen LogP contribution >= 0.6 is 0 Å². The standard InChI is InChI=1S/C28H24F2N4O2/c1-16-25(32-27(35)18-2-3-18)26(17-4-6-20(29)7-5-17)33(28(16)36)23-12-13-24-19(14-23)15-31-34(24)22-10-8-21(30)9-11-22/h4-16,18,25-26H,2-3H2,1H3,(H,32,35)/t16-,25?,26?/m0/s1. The number of carbonyl (C=O) groups excluding carboxylic acids is 2. The van der Waals surface area contributed by atoms with Crippen LogP contribution in [0, 0.1) is 23.5 Å². The van der Waals surface area contributed by atoms with E-state index in [0.29, 0.717) is 5.69 Å². The maximum Gasteiger partial charge on any atom is 0.232 e. The Hall–Kier alpha value is -4.07. The molecule has 2 amide bonds. The Morgan fingerprint density at radius 1 is 0.944 bits per heavy atom. The predicted molar refractivity (Wildman–Crippen MR) is 131 cm³/mol. The van der Waals surface area contributed by atoms with Crippen LogP contribution in [0.4, 0.5) is 14.5 Å². The Bertz CT molecular complexity index is 1460. The summed E-state index contributed by atoms with van der Waals surface area (Å²) in [6, 6.07) is 16.8. The highest BCUT2D eigenvalue weighted by atomic mass is 19.1. The van der Waals surface area contributed by atoms with Gasteiger partial charge in [0.25, 0.3) is 0 Å². The zero-order valence-corrected chi connectivity index (χ0v) is 19.6. The minimum absolute atomic E-state index is 0.00358. The summed E-state index contributed by atoms with van der Waals surface area (Å²) in [4.78, 5) is 28.0. The summed E-state index contributed by atoms with van der Waals surface area (Å²) in [7, 11) is 0. The highest BCUT2D eigenvalue weighted by Crippen LogP contribution is 2.42. The van der Waals surface area contributed by atoms with Gasteiger partial charge in [0.05, 0.1) is 35.4 Å². The molecule has 2 heterocycles. The topological polar surface area (TPSA) is 67.2 Å². The normalized spacial score (nSPS) is 21.8. The molecule has 6 rings (SSSR count). The SMILES string of the molecule is C[C@@H]1C(=O)N(c2ccc3c(cnn3-c3ccc(F)cc3)c2)C(c2ccc(F)cc2)C1NC(=O)C1CC1. The fourth-order valence-electron chi connectivity index (χ4n) is 5.04. The van der Waals surface area contributed by atoms with Gasteiger partial charge in [-0.05, 0) is 73.0 Å². The number of fused-ring (bicyclic) bond motifs is 1. The number of hydrogen-bond donors (Lipinski definition) is 1. The van der Waals surface area contributed by atoms with E-state index in [-0.39, 0.29) is 29.4 Å². The third-order valence-corrected chi connectivity index (χ3v) is 7.15. The van der Waals surface area contributed by atoms with Gasteiger partial charge in [0.1, 0.15) is 11.6 Å². The molecule has 2 fully saturated rings. The average molecular weight is 487 g/mol. The first-order chi connectivity index (χ1) is 17.4. The lowest BCUT2D eigenvalue weighted by atomic mass is 9.94. The summed E-state index contributed by atoms with van der Waals surface area (Å²) >= 11 is 0. The van der Waals surface area contributed by atoms with Crippen LogP contribution in [0.15, 0.2) is 72.9 Å². The van der Waals surface area contributed by atoms with Gasteiger partial charge in [-0.15, -0.1) is 0 Å². The lowest BCUT2D eigenvalue weighted by molar-refractivity contribution is -0.123. The molecule has 1 aliphatic heterocycles. The van der Waals surface area contributed by atoms with Crippen LogP contribution in [0.25, 0.3) is 16.6 Å². The van der Waals surface area contributed by atoms with Crippen molar-refractivity contribution in [2.24, 2.45) is 11.8 Å². The summed E-state index contributed by atoms with van der Waals surface area (Å²) in [5.41, 5.74) is 2.94. The lowest BCUT2D eigenvalue weighted by Gasteiger charge is -2.29. The Morgan fingerprint density at radius 2 is 1.58 bits per heavy atom. The number of benzene rings is 3. The van der Waals surface area contributed by atoms with Gasteiger partial charge in [0, 0.05) is 17.0 Å². The Kier molecular flexibility index (Phi) is 5.32. The largest absolute Gasteiger partial charge is 0.350 e. The number of aromatic nitrogens is 2. The van der Waals surface area contributed by atoms with Crippen LogP contribution in [0.5, 0.6) is 0 Å². The molecule has 182 valence electrons. The first-order valence-corrected chi connectivity index (χ1v) is 12.0. The number of halogens is 2. The van der Waals surface area contributed by atoms with E-state index in [1.165, 1.54) is 24.3 Å². The minimum atomic E-state index is -0.486. The number of nitrogens with one attached hydrogen (secondary N) is 1. The molecule has 1 saturated carbocycles. The predicted octanol–water partition coefficient (Wildman–Crippen LogP) is 4.92. The average Bonchev–Trinajstić information content (AvgIpc) is 3.61. The van der Waals surface area contributed by atoms with Crippen molar-refractivity contribution in [3.05, 3.63) is 90.1 Å². The van der Waals surface area contributed by atoms with Crippen molar-refractivity contribution in [2.45, 2.75) is 31.8 Å². The molecule has 2 aliphatic rings. The van der Waals surface area contributed by atoms with Crippen LogP contribution in [-0.2, 0) is 9.59 Å². The van der Waals surface area contributed by atoms with Gasteiger partial charge in [-0.2, -0.15) is 5.10 Å². The summed E-state index contributed by atoms with van der Waals surface area (Å²) in [5, 5.41) is 8.37. The molecule has 8 heteroatoms. The van der Waals surface area contributed by atoms with Gasteiger partial charge in [0.15, 0.2) is 0 Å². The molecule has 1 saturated heterocycles. The van der Waals surface area contributed by atoms with E-state index in [1.807, 2.05) is 25.1 Å². The molecule has 3 aromatic carbocycles. The Morgan fingerprint density at radius 3 is 2.25 bits per heavy atom. The van der Waals surface area contributed by atoms with Crippen LogP contribution in [0.1, 0.15) is 31.4 Å². The van der Waals surface area contributed by atoms with Crippen molar-refractivity contribution >= 4 is 28.4 Å². The fourth-order valence-corrected chi connectivity index (χ4v) is 5.04. The molecule has 3 atom stereocenters. The summed E-state index contributed by atoms with van der Waals surface area (Å²) in [6.45, 7) is 1.82. The van der Waals surface area contributed by atoms with Crippen LogP contribution in [0.2, 0.25) is 0 Å². The van der Waals surface area contributed by atoms with Crippen molar-refractivity contribution in [3.63, 3.8) is 0 Å². The zero-order valence-electron chi connectivity index (χ0n) is 19.6. The quantitative estimate of drug-likeness (QED) is 0.435. The maximum absolute atomic E-state index is 13.7. The molecule has 1 N–H and O–H groups in total. The number of rotatable bonds is 5. The maximum atomic E-state index is 13.7. The fraction of sp³-hybridized carbons (Fsp3) is 0.250. The minimum Gasteiger partial charge on any atom is -0.350 e. The molecule has 0 bridgehead atoms. The van der Waals surface area contributed by atoms with Crippen molar-refractivity contribution in [1.82, 2.24) is 15.1 Å². The van der Waals surface area contributed by atoms with Crippen molar-refractivity contribution < 1.29 is 18.4 Å². The number of amides is 2. The molecule has 1 aromatic heterocycles. The van der Waals surface area contributed by atoms with Gasteiger partial charge in [-0.1, -0.05) is 19.1 Å². The third-order valence-electron chi connectivity index (χ3n) is 7.15. The second-order valence-corrected chi connectivity index (χ2v) is 9.58. The Balaban J connectivity index is 1.41. The second kappa shape index (κ2) is 8.55. The van der Waals surface area contributed by atoms with E-state index in [0.717, 1.165) is 35.0 Å². The molecule has 0 radical (unpaired) electrons. The Labute approximate surface area is 206 Å². The van der Waals surface area contributed by atoms with E-state index < -0.39 is 18.0 Å². The van der Waals surface area contributed by atoms with E-state index in [1.54, 1.807) is 40.0 Å². The van der Waals surface area contributed by atoms with E-state index >= 15 is 0 Å². The second-order valence-electron chi connectivity index (χ2n) is 9.58. The molecular weight excluding hydrogens is 462 g/mol. The number of hydrogen-bond acceptors (Lipinski definition) is 3. The van der Waals surface area contributed by atoms with Crippen LogP contribution < -0.4 is 10.2 Å². The summed E-state index contributed by atoms with van der Waals surface area (Å²) in [6.07, 6.45) is 3.42. The van der Waals surface area contributed by atoms with Gasteiger partial charge < -0.3 is 10.2 Å². The number of anilines is 1. The molecule has 2 unspecified atom stereocenters. The molecule has 4 aromatic rings. The van der Waals surface area contributed by atoms with E-state index in [2.05, 4.69) is 10.4 Å². The first-order valence-electron chi connectivity index (χ1n) is 12.0. The smallest absolute Gasteiger partial charge is 0.232 e. The van der Waals surface area contributed by atoms with E-state index in [4.69, 9.17) is 0 Å². The monoisotopic (exact) mass is 486 g/mol. The van der Waals surface area contributed by atoms with Gasteiger partial charge in [0.2, 0.25) is 11.8 Å². The third kappa shape index (κ3) is 3.82. The zero-order chi connectivity index (χ0) is 25.0. The molecule has 1 aliphatic carbocycles. The van der Waals surface area contributed by atoms with Crippen molar-refractivity contribution in [1.29, 1.82) is 0 Å². The molecular formula is C28H24F2N4O2.